The number of amides is 1. The van der Waals surface area contributed by atoms with Gasteiger partial charge in [0.1, 0.15) is 6.33 Å². The van der Waals surface area contributed by atoms with Gasteiger partial charge in [-0.3, -0.25) is 14.8 Å². The topological polar surface area (TPSA) is 61.9 Å². The number of hydrogen-bond donors (Lipinski definition) is 1. The van der Waals surface area contributed by atoms with E-state index in [0.717, 1.165) is 0 Å². The summed E-state index contributed by atoms with van der Waals surface area (Å²) in [5.74, 6) is -0.0939. The van der Waals surface area contributed by atoms with Gasteiger partial charge in [-0.15, -0.1) is 0 Å². The van der Waals surface area contributed by atoms with Crippen molar-refractivity contribution in [3.8, 4) is 0 Å². The van der Waals surface area contributed by atoms with Crippen LogP contribution in [0.15, 0.2) is 31.4 Å². The lowest BCUT2D eigenvalue weighted by Crippen LogP contribution is -2.20. The van der Waals surface area contributed by atoms with Gasteiger partial charge >= 0.3 is 0 Å². The fraction of sp³-hybridized carbons (Fsp3) is 0.125. The summed E-state index contributed by atoms with van der Waals surface area (Å²) >= 11 is 0. The van der Waals surface area contributed by atoms with Crippen LogP contribution >= 0.6 is 0 Å². The number of rotatable bonds is 3. The highest BCUT2D eigenvalue weighted by Crippen LogP contribution is 1.98. The standard InChI is InChI=1S/C8H10N4O/c1-3-5-12(4-2)8(13)7-9-6-10-11-7/h3-6H,2H2,1H3,(H,9,10,11)/b5-3-. The molecule has 1 heterocycles. The Labute approximate surface area is 75.8 Å². The maximum atomic E-state index is 11.5. The maximum Gasteiger partial charge on any atom is 0.299 e. The van der Waals surface area contributed by atoms with Gasteiger partial charge in [0, 0.05) is 12.4 Å². The van der Waals surface area contributed by atoms with E-state index in [1.54, 1.807) is 12.3 Å². The van der Waals surface area contributed by atoms with Gasteiger partial charge in [-0.1, -0.05) is 12.7 Å². The lowest BCUT2D eigenvalue weighted by Gasteiger charge is -2.09. The molecule has 1 rings (SSSR count). The Morgan fingerprint density at radius 3 is 3.00 bits per heavy atom. The molecule has 0 saturated heterocycles. The highest BCUT2D eigenvalue weighted by atomic mass is 16.2. The van der Waals surface area contributed by atoms with Crippen LogP contribution in [0.1, 0.15) is 17.5 Å². The summed E-state index contributed by atoms with van der Waals surface area (Å²) < 4.78 is 0. The van der Waals surface area contributed by atoms with Crippen LogP contribution in [0, 0.1) is 0 Å². The van der Waals surface area contributed by atoms with E-state index in [-0.39, 0.29) is 11.7 Å². The van der Waals surface area contributed by atoms with Crippen LogP contribution in [0.4, 0.5) is 0 Å². The van der Waals surface area contributed by atoms with Crippen molar-refractivity contribution in [2.45, 2.75) is 6.92 Å². The number of H-pyrrole nitrogens is 1. The van der Waals surface area contributed by atoms with Gasteiger partial charge in [-0.2, -0.15) is 5.10 Å². The molecule has 5 nitrogen and oxygen atoms in total. The van der Waals surface area contributed by atoms with Crippen molar-refractivity contribution in [3.05, 3.63) is 37.2 Å². The predicted molar refractivity (Wildman–Crippen MR) is 47.6 cm³/mol. The summed E-state index contributed by atoms with van der Waals surface area (Å²) in [7, 11) is 0. The zero-order valence-electron chi connectivity index (χ0n) is 7.27. The molecule has 0 unspecified atom stereocenters. The number of nitrogens with zero attached hydrogens (tertiary/aromatic N) is 3. The molecule has 0 radical (unpaired) electrons. The second kappa shape index (κ2) is 4.20. The summed E-state index contributed by atoms with van der Waals surface area (Å²) in [5.41, 5.74) is 0. The van der Waals surface area contributed by atoms with Crippen molar-refractivity contribution in [3.63, 3.8) is 0 Å². The van der Waals surface area contributed by atoms with Gasteiger partial charge in [0.15, 0.2) is 0 Å². The number of aromatic nitrogens is 3. The van der Waals surface area contributed by atoms with Gasteiger partial charge in [0.25, 0.3) is 5.91 Å². The van der Waals surface area contributed by atoms with Crippen molar-refractivity contribution in [1.82, 2.24) is 20.1 Å². The lowest BCUT2D eigenvalue weighted by molar-refractivity contribution is 0.0859. The molecule has 1 N–H and O–H groups in total. The SMILES string of the molecule is C=CN(/C=C\C)C(=O)c1ncn[nH]1. The Kier molecular flexibility index (Phi) is 2.97. The Hall–Kier alpha value is -1.91. The largest absolute Gasteiger partial charge is 0.299 e. The molecule has 5 heteroatoms. The predicted octanol–water partition coefficient (Wildman–Crippen LogP) is 0.924. The number of allylic oxidation sites excluding steroid dienone is 1. The van der Waals surface area contributed by atoms with Crippen LogP contribution in [-0.2, 0) is 0 Å². The number of carbonyl (C=O) groups is 1. The van der Waals surface area contributed by atoms with Crippen LogP contribution in [-0.4, -0.2) is 26.0 Å². The van der Waals surface area contributed by atoms with Crippen molar-refractivity contribution in [2.24, 2.45) is 0 Å². The molecular weight excluding hydrogens is 168 g/mol. The molecule has 1 amide bonds. The second-order valence-electron chi connectivity index (χ2n) is 2.21. The summed E-state index contributed by atoms with van der Waals surface area (Å²) in [6.07, 6.45) is 6.02. The monoisotopic (exact) mass is 178 g/mol. The molecule has 0 atom stereocenters. The van der Waals surface area contributed by atoms with E-state index >= 15 is 0 Å². The van der Waals surface area contributed by atoms with E-state index in [2.05, 4.69) is 21.8 Å². The molecule has 68 valence electrons. The molecule has 0 saturated carbocycles. The zero-order valence-corrected chi connectivity index (χ0v) is 7.27. The van der Waals surface area contributed by atoms with Crippen LogP contribution in [0.5, 0.6) is 0 Å². The minimum atomic E-state index is -0.286. The molecule has 13 heavy (non-hydrogen) atoms. The first-order chi connectivity index (χ1) is 6.29. The normalized spacial score (nSPS) is 10.2. The molecule has 0 aliphatic heterocycles. The third-order valence-electron chi connectivity index (χ3n) is 1.36. The highest BCUT2D eigenvalue weighted by molar-refractivity contribution is 5.91. The second-order valence-corrected chi connectivity index (χ2v) is 2.21. The highest BCUT2D eigenvalue weighted by Gasteiger charge is 2.12. The van der Waals surface area contributed by atoms with Gasteiger partial charge < -0.3 is 0 Å². The molecular formula is C8H10N4O. The van der Waals surface area contributed by atoms with Gasteiger partial charge in [0.05, 0.1) is 0 Å². The maximum absolute atomic E-state index is 11.5. The Bertz CT molecular complexity index is 315. The molecule has 0 aliphatic rings. The number of carbonyl (C=O) groups excluding carboxylic acids is 1. The van der Waals surface area contributed by atoms with E-state index < -0.39 is 0 Å². The summed E-state index contributed by atoms with van der Waals surface area (Å²) in [6.45, 7) is 5.31. The molecule has 0 fully saturated rings. The zero-order chi connectivity index (χ0) is 9.68. The minimum absolute atomic E-state index is 0.193. The fourth-order valence-electron chi connectivity index (χ4n) is 0.803. The first-order valence-electron chi connectivity index (χ1n) is 3.73. The Morgan fingerprint density at radius 2 is 2.54 bits per heavy atom. The molecule has 0 aromatic carbocycles. The van der Waals surface area contributed by atoms with Crippen molar-refractivity contribution in [2.75, 3.05) is 0 Å². The average Bonchev–Trinajstić information content (AvgIpc) is 2.65. The quantitative estimate of drug-likeness (QED) is 0.748. The molecule has 1 aromatic rings. The minimum Gasteiger partial charge on any atom is -0.289 e. The van der Waals surface area contributed by atoms with E-state index in [4.69, 9.17) is 0 Å². The Morgan fingerprint density at radius 1 is 1.77 bits per heavy atom. The molecule has 1 aromatic heterocycles. The van der Waals surface area contributed by atoms with E-state index in [1.165, 1.54) is 17.4 Å². The third-order valence-corrected chi connectivity index (χ3v) is 1.36. The van der Waals surface area contributed by atoms with Gasteiger partial charge in [-0.25, -0.2) is 4.98 Å². The summed E-state index contributed by atoms with van der Waals surface area (Å²) in [5, 5.41) is 6.05. The summed E-state index contributed by atoms with van der Waals surface area (Å²) in [6, 6.07) is 0. The van der Waals surface area contributed by atoms with Crippen LogP contribution in [0.3, 0.4) is 0 Å². The average molecular weight is 178 g/mol. The van der Waals surface area contributed by atoms with Crippen LogP contribution < -0.4 is 0 Å². The lowest BCUT2D eigenvalue weighted by atomic mass is 10.5. The first-order valence-corrected chi connectivity index (χ1v) is 3.73. The van der Waals surface area contributed by atoms with Crippen LogP contribution in [0.2, 0.25) is 0 Å². The van der Waals surface area contributed by atoms with E-state index in [9.17, 15) is 4.79 Å². The molecule has 0 spiro atoms. The summed E-state index contributed by atoms with van der Waals surface area (Å²) in [4.78, 5) is 16.5. The van der Waals surface area contributed by atoms with E-state index in [1.807, 2.05) is 6.92 Å². The van der Waals surface area contributed by atoms with Crippen molar-refractivity contribution >= 4 is 5.91 Å². The number of nitrogens with one attached hydrogen (secondary N) is 1. The number of aromatic amines is 1. The fourth-order valence-corrected chi connectivity index (χ4v) is 0.803. The van der Waals surface area contributed by atoms with Crippen molar-refractivity contribution in [1.29, 1.82) is 0 Å². The first kappa shape index (κ1) is 9.18. The molecule has 0 bridgehead atoms. The van der Waals surface area contributed by atoms with Gasteiger partial charge in [0.2, 0.25) is 5.82 Å². The van der Waals surface area contributed by atoms with E-state index in [0.29, 0.717) is 0 Å². The van der Waals surface area contributed by atoms with Crippen molar-refractivity contribution < 1.29 is 4.79 Å². The number of hydrogen-bond acceptors (Lipinski definition) is 3. The smallest absolute Gasteiger partial charge is 0.289 e. The van der Waals surface area contributed by atoms with Crippen LogP contribution in [0.25, 0.3) is 0 Å². The molecule has 0 aliphatic carbocycles. The Balaban J connectivity index is 2.82. The third kappa shape index (κ3) is 2.02. The van der Waals surface area contributed by atoms with Gasteiger partial charge in [-0.05, 0) is 6.92 Å².